The summed E-state index contributed by atoms with van der Waals surface area (Å²) in [5, 5.41) is 4.08. The lowest BCUT2D eigenvalue weighted by atomic mass is 10.0. The number of hydrogen-bond donors (Lipinski definition) is 1. The van der Waals surface area contributed by atoms with Gasteiger partial charge in [0.15, 0.2) is 0 Å². The first kappa shape index (κ1) is 13.7. The number of hydrogen-bond acceptors (Lipinski definition) is 3. The zero-order chi connectivity index (χ0) is 13.9. The molecule has 3 nitrogen and oxygen atoms in total. The van der Waals surface area contributed by atoms with Crippen molar-refractivity contribution in [1.29, 1.82) is 0 Å². The first-order chi connectivity index (χ1) is 9.79. The maximum absolute atomic E-state index is 12.0. The predicted octanol–water partition coefficient (Wildman–Crippen LogP) is 3.29. The van der Waals surface area contributed by atoms with E-state index in [2.05, 4.69) is 28.9 Å². The van der Waals surface area contributed by atoms with Crippen LogP contribution in [0.25, 0.3) is 0 Å². The van der Waals surface area contributed by atoms with Gasteiger partial charge in [-0.05, 0) is 48.6 Å². The average Bonchev–Trinajstić information content (AvgIpc) is 3.22. The van der Waals surface area contributed by atoms with Crippen LogP contribution in [0, 0.1) is 17.8 Å². The summed E-state index contributed by atoms with van der Waals surface area (Å²) in [6.07, 6.45) is 8.80. The second-order valence-corrected chi connectivity index (χ2v) is 6.53. The lowest BCUT2D eigenvalue weighted by molar-refractivity contribution is -0.122. The van der Waals surface area contributed by atoms with Gasteiger partial charge in [-0.3, -0.25) is 4.79 Å². The van der Waals surface area contributed by atoms with Crippen LogP contribution < -0.4 is 5.43 Å². The molecule has 1 N–H and O–H groups in total. The van der Waals surface area contributed by atoms with Crippen LogP contribution in [0.1, 0.15) is 31.2 Å². The largest absolute Gasteiger partial charge is 0.273 e. The molecule has 2 aliphatic carbocycles. The van der Waals surface area contributed by atoms with Crippen LogP contribution in [0.5, 0.6) is 0 Å². The number of carbonyl (C=O) groups is 1. The summed E-state index contributed by atoms with van der Waals surface area (Å²) in [4.78, 5) is 13.3. The van der Waals surface area contributed by atoms with Crippen molar-refractivity contribution in [2.24, 2.45) is 22.9 Å². The monoisotopic (exact) mass is 288 g/mol. The van der Waals surface area contributed by atoms with Gasteiger partial charge in [-0.15, -0.1) is 11.8 Å². The Balaban J connectivity index is 1.51. The molecule has 2 aliphatic rings. The van der Waals surface area contributed by atoms with Crippen molar-refractivity contribution in [3.63, 3.8) is 0 Å². The zero-order valence-electron chi connectivity index (χ0n) is 11.7. The van der Waals surface area contributed by atoms with Crippen LogP contribution in [-0.2, 0) is 4.79 Å². The Morgan fingerprint density at radius 1 is 1.25 bits per heavy atom. The maximum Gasteiger partial charge on any atom is 0.243 e. The van der Waals surface area contributed by atoms with Crippen molar-refractivity contribution in [1.82, 2.24) is 5.43 Å². The average molecular weight is 288 g/mol. The van der Waals surface area contributed by atoms with Gasteiger partial charge in [0.1, 0.15) is 0 Å². The second-order valence-electron chi connectivity index (χ2n) is 5.65. The van der Waals surface area contributed by atoms with Gasteiger partial charge in [0.25, 0.3) is 0 Å². The molecule has 2 saturated carbocycles. The fourth-order valence-corrected chi connectivity index (χ4v) is 3.72. The van der Waals surface area contributed by atoms with E-state index in [0.29, 0.717) is 11.8 Å². The Labute approximate surface area is 124 Å². The third-order valence-electron chi connectivity index (χ3n) is 4.46. The SMILES string of the molecule is CSc1ccc(C=NNC(=O)C2[C@@H]3CCCC[C@@H]23)cc1. The lowest BCUT2D eigenvalue weighted by Gasteiger charge is -2.04. The first-order valence-electron chi connectivity index (χ1n) is 7.26. The number of nitrogens with zero attached hydrogens (tertiary/aromatic N) is 1. The van der Waals surface area contributed by atoms with Gasteiger partial charge in [0, 0.05) is 10.8 Å². The fourth-order valence-electron chi connectivity index (χ4n) is 3.32. The van der Waals surface area contributed by atoms with Crippen LogP contribution in [0.4, 0.5) is 0 Å². The number of benzene rings is 1. The standard InChI is InChI=1S/C16H20N2OS/c1-20-12-8-6-11(7-9-12)10-17-18-16(19)15-13-4-2-3-5-14(13)15/h6-10,13-15H,2-5H2,1H3,(H,18,19)/t13-,14-/m1/s1. The molecule has 2 atom stereocenters. The van der Waals surface area contributed by atoms with E-state index in [1.165, 1.54) is 30.6 Å². The van der Waals surface area contributed by atoms with Crippen LogP contribution >= 0.6 is 11.8 Å². The number of fused-ring (bicyclic) bond motifs is 1. The Hall–Kier alpha value is -1.29. The molecular formula is C16H20N2OS. The van der Waals surface area contributed by atoms with E-state index in [0.717, 1.165) is 5.56 Å². The van der Waals surface area contributed by atoms with Gasteiger partial charge in [0.05, 0.1) is 6.21 Å². The predicted molar refractivity (Wildman–Crippen MR) is 82.9 cm³/mol. The van der Waals surface area contributed by atoms with E-state index < -0.39 is 0 Å². The third kappa shape index (κ3) is 2.90. The number of hydrazone groups is 1. The molecule has 1 aromatic carbocycles. The topological polar surface area (TPSA) is 41.5 Å². The molecule has 106 valence electrons. The van der Waals surface area contributed by atoms with E-state index in [9.17, 15) is 4.79 Å². The zero-order valence-corrected chi connectivity index (χ0v) is 12.5. The van der Waals surface area contributed by atoms with Crippen molar-refractivity contribution < 1.29 is 4.79 Å². The molecule has 4 heteroatoms. The number of nitrogens with one attached hydrogen (secondary N) is 1. The van der Waals surface area contributed by atoms with Crippen LogP contribution in [0.2, 0.25) is 0 Å². The normalized spacial score (nSPS) is 28.1. The second kappa shape index (κ2) is 6.00. The van der Waals surface area contributed by atoms with Crippen molar-refractivity contribution in [3.8, 4) is 0 Å². The molecule has 1 amide bonds. The number of amides is 1. The fraction of sp³-hybridized carbons (Fsp3) is 0.500. The van der Waals surface area contributed by atoms with Gasteiger partial charge in [0.2, 0.25) is 5.91 Å². The molecule has 0 aliphatic heterocycles. The van der Waals surface area contributed by atoms with E-state index in [1.54, 1.807) is 18.0 Å². The number of thioether (sulfide) groups is 1. The minimum atomic E-state index is 0.110. The molecule has 1 aromatic rings. The summed E-state index contributed by atoms with van der Waals surface area (Å²) in [6.45, 7) is 0. The summed E-state index contributed by atoms with van der Waals surface area (Å²) >= 11 is 1.72. The van der Waals surface area contributed by atoms with Gasteiger partial charge < -0.3 is 0 Å². The van der Waals surface area contributed by atoms with Crippen molar-refractivity contribution in [3.05, 3.63) is 29.8 Å². The summed E-state index contributed by atoms with van der Waals surface area (Å²) in [6, 6.07) is 8.14. The lowest BCUT2D eigenvalue weighted by Crippen LogP contribution is -2.20. The highest BCUT2D eigenvalue weighted by atomic mass is 32.2. The van der Waals surface area contributed by atoms with E-state index >= 15 is 0 Å². The Kier molecular flexibility index (Phi) is 4.10. The molecule has 0 radical (unpaired) electrons. The van der Waals surface area contributed by atoms with E-state index in [1.807, 2.05) is 12.1 Å². The minimum absolute atomic E-state index is 0.110. The smallest absolute Gasteiger partial charge is 0.243 e. The molecule has 3 rings (SSSR count). The number of rotatable bonds is 4. The summed E-state index contributed by atoms with van der Waals surface area (Å²) in [5.41, 5.74) is 3.71. The van der Waals surface area contributed by atoms with Gasteiger partial charge >= 0.3 is 0 Å². The Morgan fingerprint density at radius 2 is 1.90 bits per heavy atom. The molecule has 0 unspecified atom stereocenters. The van der Waals surface area contributed by atoms with Crippen molar-refractivity contribution in [2.45, 2.75) is 30.6 Å². The number of carbonyl (C=O) groups excluding carboxylic acids is 1. The maximum atomic E-state index is 12.0. The van der Waals surface area contributed by atoms with Crippen molar-refractivity contribution in [2.75, 3.05) is 6.26 Å². The minimum Gasteiger partial charge on any atom is -0.273 e. The molecule has 0 saturated heterocycles. The first-order valence-corrected chi connectivity index (χ1v) is 8.49. The summed E-state index contributed by atoms with van der Waals surface area (Å²) in [7, 11) is 0. The molecule has 0 heterocycles. The van der Waals surface area contributed by atoms with Gasteiger partial charge in [-0.1, -0.05) is 25.0 Å². The third-order valence-corrected chi connectivity index (χ3v) is 5.21. The van der Waals surface area contributed by atoms with E-state index in [4.69, 9.17) is 0 Å². The van der Waals surface area contributed by atoms with Gasteiger partial charge in [-0.2, -0.15) is 5.10 Å². The van der Waals surface area contributed by atoms with Crippen LogP contribution in [-0.4, -0.2) is 18.4 Å². The highest BCUT2D eigenvalue weighted by Crippen LogP contribution is 2.55. The van der Waals surface area contributed by atoms with Gasteiger partial charge in [-0.25, -0.2) is 5.43 Å². The quantitative estimate of drug-likeness (QED) is 0.525. The van der Waals surface area contributed by atoms with Crippen molar-refractivity contribution >= 4 is 23.9 Å². The van der Waals surface area contributed by atoms with Crippen LogP contribution in [0.15, 0.2) is 34.3 Å². The molecular weight excluding hydrogens is 268 g/mol. The Bertz CT molecular complexity index is 500. The Morgan fingerprint density at radius 3 is 2.50 bits per heavy atom. The highest BCUT2D eigenvalue weighted by molar-refractivity contribution is 7.98. The molecule has 20 heavy (non-hydrogen) atoms. The molecule has 0 bridgehead atoms. The molecule has 0 spiro atoms. The van der Waals surface area contributed by atoms with E-state index in [-0.39, 0.29) is 11.8 Å². The molecule has 0 aromatic heterocycles. The summed E-state index contributed by atoms with van der Waals surface area (Å²) < 4.78 is 0. The van der Waals surface area contributed by atoms with Crippen LogP contribution in [0.3, 0.4) is 0 Å². The summed E-state index contributed by atoms with van der Waals surface area (Å²) in [5.74, 6) is 1.62. The highest BCUT2D eigenvalue weighted by Gasteiger charge is 2.54. The molecule has 2 fully saturated rings.